The molecular weight excluding hydrogens is 434 g/mol. The lowest BCUT2D eigenvalue weighted by atomic mass is 9.99. The maximum atomic E-state index is 13.8. The highest BCUT2D eigenvalue weighted by Gasteiger charge is 2.24. The molecule has 7 nitrogen and oxygen atoms in total. The summed E-state index contributed by atoms with van der Waals surface area (Å²) >= 11 is 0. The van der Waals surface area contributed by atoms with E-state index in [1.807, 2.05) is 11.8 Å². The van der Waals surface area contributed by atoms with Crippen LogP contribution in [0.15, 0.2) is 45.6 Å². The van der Waals surface area contributed by atoms with E-state index in [4.69, 9.17) is 9.15 Å². The highest BCUT2D eigenvalue weighted by atomic mass is 19.1. The second-order valence-corrected chi connectivity index (χ2v) is 8.24. The zero-order valence-electron chi connectivity index (χ0n) is 18.5. The third-order valence-electron chi connectivity index (χ3n) is 5.93. The number of hydrogen-bond donors (Lipinski definition) is 1. The number of morpholine rings is 1. The Kier molecular flexibility index (Phi) is 6.07. The molecule has 1 aliphatic rings. The van der Waals surface area contributed by atoms with Gasteiger partial charge in [-0.05, 0) is 38.1 Å². The standard InChI is InChI=1S/C24H24F2N2O5/c1-13-12-28(4-5-32-13)22-11-21(29)20-7-15(24(30)31)6-19(23(20)33-22)14(2)27(3)18-9-16(25)8-17(26)10-18/h6-11,13-14H,4-5,12H2,1-3H3,(H,30,31)/t13-,14?/m1/s1. The quantitative estimate of drug-likeness (QED) is 0.614. The van der Waals surface area contributed by atoms with Crippen LogP contribution < -0.4 is 15.2 Å². The Morgan fingerprint density at radius 2 is 1.88 bits per heavy atom. The Labute approximate surface area is 188 Å². The number of anilines is 2. The van der Waals surface area contributed by atoms with Crippen molar-refractivity contribution in [3.8, 4) is 0 Å². The van der Waals surface area contributed by atoms with Crippen molar-refractivity contribution in [2.45, 2.75) is 26.0 Å². The average Bonchev–Trinajstić information content (AvgIpc) is 2.76. The van der Waals surface area contributed by atoms with Gasteiger partial charge in [-0.1, -0.05) is 0 Å². The molecule has 4 rings (SSSR count). The first-order valence-corrected chi connectivity index (χ1v) is 10.5. The maximum Gasteiger partial charge on any atom is 0.335 e. The maximum absolute atomic E-state index is 13.8. The fourth-order valence-electron chi connectivity index (χ4n) is 4.06. The lowest BCUT2D eigenvalue weighted by Crippen LogP contribution is -2.41. The summed E-state index contributed by atoms with van der Waals surface area (Å²) in [6.07, 6.45) is -0.0402. The largest absolute Gasteiger partial charge is 0.478 e. The lowest BCUT2D eigenvalue weighted by Gasteiger charge is -2.32. The Balaban J connectivity index is 1.87. The van der Waals surface area contributed by atoms with E-state index in [1.54, 1.807) is 18.9 Å². The molecule has 1 N–H and O–H groups in total. The molecule has 0 amide bonds. The van der Waals surface area contributed by atoms with Crippen molar-refractivity contribution in [1.29, 1.82) is 0 Å². The summed E-state index contributed by atoms with van der Waals surface area (Å²) in [5.74, 6) is -2.30. The fraction of sp³-hybridized carbons (Fsp3) is 0.333. The van der Waals surface area contributed by atoms with Gasteiger partial charge in [-0.15, -0.1) is 0 Å². The number of hydrogen-bond acceptors (Lipinski definition) is 6. The molecule has 33 heavy (non-hydrogen) atoms. The van der Waals surface area contributed by atoms with E-state index in [-0.39, 0.29) is 33.8 Å². The van der Waals surface area contributed by atoms with Gasteiger partial charge < -0.3 is 24.1 Å². The molecule has 1 unspecified atom stereocenters. The molecule has 9 heteroatoms. The molecule has 1 saturated heterocycles. The summed E-state index contributed by atoms with van der Waals surface area (Å²) in [5, 5.41) is 9.72. The van der Waals surface area contributed by atoms with Crippen LogP contribution in [0.25, 0.3) is 11.0 Å². The molecule has 2 atom stereocenters. The second kappa shape index (κ2) is 8.82. The zero-order chi connectivity index (χ0) is 23.9. The third-order valence-corrected chi connectivity index (χ3v) is 5.93. The van der Waals surface area contributed by atoms with Gasteiger partial charge in [0.1, 0.15) is 17.2 Å². The molecule has 1 aliphatic heterocycles. The SMILES string of the molecule is CC(c1cc(C(=O)O)cc2c(=O)cc(N3CCO[C@H](C)C3)oc12)N(C)c1cc(F)cc(F)c1. The first-order chi connectivity index (χ1) is 15.6. The minimum absolute atomic E-state index is 0.0402. The summed E-state index contributed by atoms with van der Waals surface area (Å²) in [6.45, 7) is 5.23. The minimum atomic E-state index is -1.20. The van der Waals surface area contributed by atoms with E-state index in [9.17, 15) is 23.5 Å². The molecule has 3 aromatic rings. The molecule has 2 heterocycles. The van der Waals surface area contributed by atoms with Crippen molar-refractivity contribution in [2.75, 3.05) is 36.5 Å². The van der Waals surface area contributed by atoms with E-state index < -0.39 is 23.6 Å². The van der Waals surface area contributed by atoms with Crippen LogP contribution in [0.3, 0.4) is 0 Å². The first kappa shape index (κ1) is 22.7. The predicted molar refractivity (Wildman–Crippen MR) is 120 cm³/mol. The van der Waals surface area contributed by atoms with Crippen molar-refractivity contribution in [1.82, 2.24) is 0 Å². The van der Waals surface area contributed by atoms with E-state index in [2.05, 4.69) is 0 Å². The predicted octanol–water partition coefficient (Wildman–Crippen LogP) is 4.19. The van der Waals surface area contributed by atoms with Crippen LogP contribution in [0.5, 0.6) is 0 Å². The number of rotatable bonds is 5. The average molecular weight is 458 g/mol. The van der Waals surface area contributed by atoms with Crippen molar-refractivity contribution >= 4 is 28.5 Å². The molecule has 1 fully saturated rings. The van der Waals surface area contributed by atoms with Gasteiger partial charge in [0, 0.05) is 43.5 Å². The van der Waals surface area contributed by atoms with Gasteiger partial charge >= 0.3 is 5.97 Å². The first-order valence-electron chi connectivity index (χ1n) is 10.5. The second-order valence-electron chi connectivity index (χ2n) is 8.24. The number of fused-ring (bicyclic) bond motifs is 1. The Morgan fingerprint density at radius 3 is 2.52 bits per heavy atom. The summed E-state index contributed by atoms with van der Waals surface area (Å²) < 4.78 is 39.3. The Hall–Kier alpha value is -3.46. The monoisotopic (exact) mass is 458 g/mol. The van der Waals surface area contributed by atoms with Crippen LogP contribution in [0, 0.1) is 11.6 Å². The van der Waals surface area contributed by atoms with Gasteiger partial charge in [-0.3, -0.25) is 4.79 Å². The van der Waals surface area contributed by atoms with Crippen molar-refractivity contribution < 1.29 is 27.8 Å². The summed E-state index contributed by atoms with van der Waals surface area (Å²) in [6, 6.07) is 6.63. The molecule has 0 spiro atoms. The topological polar surface area (TPSA) is 83.2 Å². The van der Waals surface area contributed by atoms with E-state index in [0.717, 1.165) is 6.07 Å². The van der Waals surface area contributed by atoms with E-state index in [0.29, 0.717) is 31.1 Å². The van der Waals surface area contributed by atoms with Gasteiger partial charge in [0.15, 0.2) is 11.3 Å². The van der Waals surface area contributed by atoms with Crippen LogP contribution in [-0.4, -0.2) is 43.9 Å². The fourth-order valence-corrected chi connectivity index (χ4v) is 4.06. The van der Waals surface area contributed by atoms with Gasteiger partial charge in [-0.2, -0.15) is 0 Å². The molecular formula is C24H24F2N2O5. The Morgan fingerprint density at radius 1 is 1.18 bits per heavy atom. The van der Waals surface area contributed by atoms with Crippen molar-refractivity contribution in [3.63, 3.8) is 0 Å². The normalized spacial score (nSPS) is 17.2. The molecule has 0 saturated carbocycles. The van der Waals surface area contributed by atoms with Crippen LogP contribution in [0.2, 0.25) is 0 Å². The smallest absolute Gasteiger partial charge is 0.335 e. The van der Waals surface area contributed by atoms with E-state index in [1.165, 1.54) is 30.3 Å². The van der Waals surface area contributed by atoms with Gasteiger partial charge in [0.25, 0.3) is 0 Å². The molecule has 2 aromatic carbocycles. The van der Waals surface area contributed by atoms with Crippen molar-refractivity contribution in [2.24, 2.45) is 0 Å². The van der Waals surface area contributed by atoms with Gasteiger partial charge in [0.2, 0.25) is 0 Å². The van der Waals surface area contributed by atoms with Crippen molar-refractivity contribution in [3.05, 3.63) is 69.4 Å². The summed E-state index contributed by atoms with van der Waals surface area (Å²) in [5.41, 5.74) is 0.453. The summed E-state index contributed by atoms with van der Waals surface area (Å²) in [7, 11) is 1.63. The van der Waals surface area contributed by atoms with Gasteiger partial charge in [-0.25, -0.2) is 13.6 Å². The number of aromatic carboxylic acids is 1. The summed E-state index contributed by atoms with van der Waals surface area (Å²) in [4.78, 5) is 28.2. The number of ether oxygens (including phenoxy) is 1. The van der Waals surface area contributed by atoms with E-state index >= 15 is 0 Å². The highest BCUT2D eigenvalue weighted by Crippen LogP contribution is 2.33. The zero-order valence-corrected chi connectivity index (χ0v) is 18.5. The number of benzene rings is 2. The van der Waals surface area contributed by atoms with Crippen LogP contribution in [0.4, 0.5) is 20.4 Å². The lowest BCUT2D eigenvalue weighted by molar-refractivity contribution is 0.0517. The molecule has 0 aliphatic carbocycles. The molecule has 1 aromatic heterocycles. The number of carboxylic acid groups (broad SMARTS) is 1. The number of nitrogens with zero attached hydrogens (tertiary/aromatic N) is 2. The number of halogens is 2. The molecule has 0 bridgehead atoms. The number of carbonyl (C=O) groups is 1. The minimum Gasteiger partial charge on any atom is -0.478 e. The van der Waals surface area contributed by atoms with Crippen LogP contribution >= 0.6 is 0 Å². The van der Waals surface area contributed by atoms with Gasteiger partial charge in [0.05, 0.1) is 29.7 Å². The highest BCUT2D eigenvalue weighted by molar-refractivity contribution is 5.94. The van der Waals surface area contributed by atoms with Crippen LogP contribution in [-0.2, 0) is 4.74 Å². The Bertz CT molecular complexity index is 1260. The third kappa shape index (κ3) is 4.54. The molecule has 174 valence electrons. The number of carboxylic acids is 1. The molecule has 0 radical (unpaired) electrons. The van der Waals surface area contributed by atoms with Crippen LogP contribution in [0.1, 0.15) is 35.8 Å².